The van der Waals surface area contributed by atoms with Gasteiger partial charge in [0.25, 0.3) is 5.91 Å². The lowest BCUT2D eigenvalue weighted by atomic mass is 10.0. The van der Waals surface area contributed by atoms with E-state index in [4.69, 9.17) is 13.7 Å². The van der Waals surface area contributed by atoms with Gasteiger partial charge in [0.1, 0.15) is 11.5 Å². The Morgan fingerprint density at radius 1 is 1.18 bits per heavy atom. The van der Waals surface area contributed by atoms with E-state index in [0.717, 1.165) is 5.56 Å². The zero-order chi connectivity index (χ0) is 23.4. The quantitative estimate of drug-likeness (QED) is 0.504. The Balaban J connectivity index is 1.55. The van der Waals surface area contributed by atoms with Gasteiger partial charge in [-0.3, -0.25) is 9.59 Å². The van der Waals surface area contributed by atoms with Crippen LogP contribution in [0, 0.1) is 19.8 Å². The number of carbonyl (C=O) groups excluding carboxylic acids is 2. The van der Waals surface area contributed by atoms with Crippen molar-refractivity contribution < 1.29 is 23.3 Å². The highest BCUT2D eigenvalue weighted by Crippen LogP contribution is 2.39. The predicted octanol–water partition coefficient (Wildman–Crippen LogP) is 3.00. The van der Waals surface area contributed by atoms with Gasteiger partial charge in [-0.15, -0.1) is 0 Å². The lowest BCUT2D eigenvalue weighted by Gasteiger charge is -2.17. The highest BCUT2D eigenvalue weighted by atomic mass is 16.5. The molecule has 9 nitrogen and oxygen atoms in total. The van der Waals surface area contributed by atoms with E-state index in [1.54, 1.807) is 27.0 Å². The number of benzene rings is 1. The minimum atomic E-state index is -0.339. The number of aryl methyl sites for hydroxylation is 2. The third-order valence-corrected chi connectivity index (χ3v) is 5.93. The fourth-order valence-corrected chi connectivity index (χ4v) is 4.30. The van der Waals surface area contributed by atoms with Crippen molar-refractivity contribution in [3.63, 3.8) is 0 Å². The molecule has 33 heavy (non-hydrogen) atoms. The minimum absolute atomic E-state index is 0.0769. The van der Waals surface area contributed by atoms with E-state index >= 15 is 0 Å². The van der Waals surface area contributed by atoms with Gasteiger partial charge in [0.05, 0.1) is 18.1 Å². The fraction of sp³-hybridized carbons (Fsp3) is 0.417. The number of nitrogens with zero attached hydrogens (tertiary/aromatic N) is 2. The highest BCUT2D eigenvalue weighted by Gasteiger charge is 2.42. The van der Waals surface area contributed by atoms with Crippen molar-refractivity contribution in [2.24, 2.45) is 5.92 Å². The summed E-state index contributed by atoms with van der Waals surface area (Å²) in [6.07, 6.45) is 0.956. The molecule has 1 aliphatic carbocycles. The third-order valence-electron chi connectivity index (χ3n) is 5.93. The van der Waals surface area contributed by atoms with Crippen molar-refractivity contribution in [1.29, 1.82) is 0 Å². The van der Waals surface area contributed by atoms with Crippen molar-refractivity contribution in [3.05, 3.63) is 59.4 Å². The molecule has 2 amide bonds. The topological polar surface area (TPSA) is 119 Å². The minimum Gasteiger partial charge on any atom is -0.466 e. The second-order valence-corrected chi connectivity index (χ2v) is 8.29. The van der Waals surface area contributed by atoms with Crippen LogP contribution in [-0.2, 0) is 9.53 Å². The summed E-state index contributed by atoms with van der Waals surface area (Å²) in [4.78, 5) is 30.3. The molecule has 2 aromatic heterocycles. The maximum absolute atomic E-state index is 13.0. The second-order valence-electron chi connectivity index (χ2n) is 8.29. The maximum Gasteiger partial charge on any atom is 0.255 e. The van der Waals surface area contributed by atoms with Crippen molar-refractivity contribution >= 4 is 11.8 Å². The zero-order valence-electron chi connectivity index (χ0n) is 19.0. The number of hydrogen-bond acceptors (Lipinski definition) is 7. The van der Waals surface area contributed by atoms with Crippen LogP contribution in [0.15, 0.2) is 45.3 Å². The number of methoxy groups -OCH3 is 1. The summed E-state index contributed by atoms with van der Waals surface area (Å²) < 4.78 is 16.1. The van der Waals surface area contributed by atoms with Crippen LogP contribution in [-0.4, -0.2) is 48.3 Å². The van der Waals surface area contributed by atoms with Gasteiger partial charge in [-0.1, -0.05) is 35.5 Å². The molecule has 2 N–H and O–H groups in total. The third kappa shape index (κ3) is 5.14. The van der Waals surface area contributed by atoms with E-state index in [1.807, 2.05) is 30.3 Å². The van der Waals surface area contributed by atoms with Crippen LogP contribution >= 0.6 is 0 Å². The molecular weight excluding hydrogens is 424 g/mol. The molecule has 0 saturated heterocycles. The Kier molecular flexibility index (Phi) is 6.88. The van der Waals surface area contributed by atoms with Gasteiger partial charge in [0, 0.05) is 31.2 Å². The summed E-state index contributed by atoms with van der Waals surface area (Å²) in [5.41, 5.74) is 1.32. The number of amides is 2. The lowest BCUT2D eigenvalue weighted by molar-refractivity contribution is -0.125. The first-order valence-electron chi connectivity index (χ1n) is 11.0. The molecule has 0 radical (unpaired) electrons. The van der Waals surface area contributed by atoms with Crippen LogP contribution in [0.25, 0.3) is 11.4 Å². The molecular formula is C24H28N4O5. The van der Waals surface area contributed by atoms with Gasteiger partial charge < -0.3 is 24.3 Å². The van der Waals surface area contributed by atoms with Crippen LogP contribution < -0.4 is 10.6 Å². The van der Waals surface area contributed by atoms with Crippen molar-refractivity contribution in [1.82, 2.24) is 20.8 Å². The fourth-order valence-electron chi connectivity index (χ4n) is 4.30. The van der Waals surface area contributed by atoms with Gasteiger partial charge in [0.15, 0.2) is 0 Å². The van der Waals surface area contributed by atoms with Crippen molar-refractivity contribution in [3.8, 4) is 11.4 Å². The van der Waals surface area contributed by atoms with Gasteiger partial charge in [-0.05, 0) is 32.8 Å². The summed E-state index contributed by atoms with van der Waals surface area (Å²) in [5, 5.41) is 10.1. The van der Waals surface area contributed by atoms with E-state index in [9.17, 15) is 9.59 Å². The highest BCUT2D eigenvalue weighted by molar-refractivity contribution is 5.95. The number of rotatable bonds is 8. The zero-order valence-corrected chi connectivity index (χ0v) is 19.0. The summed E-state index contributed by atoms with van der Waals surface area (Å²) in [5.74, 6) is 1.20. The molecule has 0 spiro atoms. The van der Waals surface area contributed by atoms with E-state index < -0.39 is 0 Å². The monoisotopic (exact) mass is 452 g/mol. The molecule has 0 bridgehead atoms. The Labute approximate surface area is 191 Å². The summed E-state index contributed by atoms with van der Waals surface area (Å²) in [6.45, 7) is 4.42. The molecule has 1 fully saturated rings. The first-order valence-corrected chi connectivity index (χ1v) is 11.0. The van der Waals surface area contributed by atoms with Crippen LogP contribution in [0.2, 0.25) is 0 Å². The number of hydrogen-bond donors (Lipinski definition) is 2. The molecule has 1 aliphatic rings. The van der Waals surface area contributed by atoms with Crippen molar-refractivity contribution in [2.75, 3.05) is 20.3 Å². The lowest BCUT2D eigenvalue weighted by Crippen LogP contribution is -2.37. The summed E-state index contributed by atoms with van der Waals surface area (Å²) in [7, 11) is 1.59. The van der Waals surface area contributed by atoms with E-state index in [0.29, 0.717) is 54.8 Å². The molecule has 0 unspecified atom stereocenters. The Morgan fingerprint density at radius 3 is 2.67 bits per heavy atom. The normalized spacial score (nSPS) is 20.0. The molecule has 1 aromatic carbocycles. The smallest absolute Gasteiger partial charge is 0.255 e. The SMILES string of the molecule is COCCNC(=O)[C@H]1C[C@H](NC(=O)c2cc(C)oc2C)[C@H](c2nc(-c3ccccc3)no2)C1. The van der Waals surface area contributed by atoms with E-state index in [2.05, 4.69) is 20.8 Å². The number of ether oxygens (including phenoxy) is 1. The average molecular weight is 453 g/mol. The standard InChI is InChI=1S/C24H28N4O5/c1-14-11-18(15(2)32-14)23(30)26-20-13-17(22(29)25-9-10-31-3)12-19(20)24-27-21(28-33-24)16-7-5-4-6-8-16/h4-8,11,17,19-20H,9-10,12-13H2,1-3H3,(H,25,29)(H,26,30)/t17-,19-,20+/m1/s1. The first-order chi connectivity index (χ1) is 16.0. The largest absolute Gasteiger partial charge is 0.466 e. The van der Waals surface area contributed by atoms with E-state index in [1.165, 1.54) is 0 Å². The Hall–Kier alpha value is -3.46. The number of carbonyl (C=O) groups is 2. The molecule has 4 rings (SSSR count). The molecule has 3 aromatic rings. The van der Waals surface area contributed by atoms with Crippen LogP contribution in [0.4, 0.5) is 0 Å². The molecule has 3 atom stereocenters. The molecule has 2 heterocycles. The molecule has 174 valence electrons. The molecule has 0 aliphatic heterocycles. The van der Waals surface area contributed by atoms with Gasteiger partial charge in [0.2, 0.25) is 17.6 Å². The molecule has 1 saturated carbocycles. The Bertz CT molecular complexity index is 1110. The van der Waals surface area contributed by atoms with E-state index in [-0.39, 0.29) is 29.7 Å². The number of aromatic nitrogens is 2. The second kappa shape index (κ2) is 9.99. The van der Waals surface area contributed by atoms with Gasteiger partial charge in [-0.25, -0.2) is 0 Å². The van der Waals surface area contributed by atoms with Crippen LogP contribution in [0.1, 0.15) is 46.5 Å². The molecule has 9 heteroatoms. The summed E-state index contributed by atoms with van der Waals surface area (Å²) in [6, 6.07) is 10.9. The van der Waals surface area contributed by atoms with Crippen LogP contribution in [0.3, 0.4) is 0 Å². The Morgan fingerprint density at radius 2 is 1.97 bits per heavy atom. The van der Waals surface area contributed by atoms with Gasteiger partial charge in [-0.2, -0.15) is 4.98 Å². The number of nitrogens with one attached hydrogen (secondary N) is 2. The maximum atomic E-state index is 13.0. The average Bonchev–Trinajstić information content (AvgIpc) is 3.53. The van der Waals surface area contributed by atoms with Crippen molar-refractivity contribution in [2.45, 2.75) is 38.6 Å². The van der Waals surface area contributed by atoms with Crippen LogP contribution in [0.5, 0.6) is 0 Å². The predicted molar refractivity (Wildman–Crippen MR) is 120 cm³/mol. The van der Waals surface area contributed by atoms with Gasteiger partial charge >= 0.3 is 0 Å². The first kappa shape index (κ1) is 22.7. The number of furan rings is 1. The summed E-state index contributed by atoms with van der Waals surface area (Å²) >= 11 is 0.